The number of hydrogen-bond acceptors (Lipinski definition) is 5. The average Bonchev–Trinajstić information content (AvgIpc) is 3.42. The van der Waals surface area contributed by atoms with Crippen LogP contribution in [0, 0.1) is 16.0 Å². The van der Waals surface area contributed by atoms with Gasteiger partial charge in [0, 0.05) is 30.0 Å². The Labute approximate surface area is 195 Å². The summed E-state index contributed by atoms with van der Waals surface area (Å²) < 4.78 is 1.31. The van der Waals surface area contributed by atoms with Gasteiger partial charge in [-0.2, -0.15) is 5.10 Å². The zero-order valence-corrected chi connectivity index (χ0v) is 18.2. The summed E-state index contributed by atoms with van der Waals surface area (Å²) in [6.45, 7) is 0.501. The molecule has 7 rings (SSSR count). The molecule has 2 bridgehead atoms. The number of fused-ring (bicyclic) bond motifs is 1. The molecule has 1 amide bonds. The summed E-state index contributed by atoms with van der Waals surface area (Å²) in [4.78, 5) is 27.9. The molecule has 3 aromatic carbocycles. The lowest BCUT2D eigenvalue weighted by molar-refractivity contribution is -0.384. The van der Waals surface area contributed by atoms with Crippen LogP contribution in [0.4, 0.5) is 5.69 Å². The molecule has 1 atom stereocenters. The van der Waals surface area contributed by atoms with Crippen LogP contribution in [-0.4, -0.2) is 32.1 Å². The number of benzene rings is 3. The van der Waals surface area contributed by atoms with Crippen molar-refractivity contribution in [1.82, 2.24) is 20.1 Å². The van der Waals surface area contributed by atoms with Crippen LogP contribution >= 0.6 is 0 Å². The highest BCUT2D eigenvalue weighted by Gasteiger charge is 2.42. The molecule has 3 aliphatic carbocycles. The number of rotatable bonds is 5. The van der Waals surface area contributed by atoms with Gasteiger partial charge in [0.2, 0.25) is 0 Å². The summed E-state index contributed by atoms with van der Waals surface area (Å²) in [7, 11) is 0. The Hall–Kier alpha value is -4.33. The van der Waals surface area contributed by atoms with E-state index in [1.807, 2.05) is 0 Å². The van der Waals surface area contributed by atoms with Gasteiger partial charge in [0.05, 0.1) is 4.92 Å². The van der Waals surface area contributed by atoms with Crippen molar-refractivity contribution in [2.75, 3.05) is 6.54 Å². The minimum atomic E-state index is -0.512. The highest BCUT2D eigenvalue weighted by Crippen LogP contribution is 2.55. The molecule has 0 saturated carbocycles. The van der Waals surface area contributed by atoms with Crippen molar-refractivity contribution in [2.45, 2.75) is 18.3 Å². The summed E-state index contributed by atoms with van der Waals surface area (Å²) in [5.41, 5.74) is 5.75. The highest BCUT2D eigenvalue weighted by molar-refractivity contribution is 5.95. The van der Waals surface area contributed by atoms with Crippen LogP contribution < -0.4 is 5.32 Å². The van der Waals surface area contributed by atoms with Gasteiger partial charge in [-0.25, -0.2) is 9.67 Å². The van der Waals surface area contributed by atoms with Crippen LogP contribution in [0.1, 0.15) is 50.9 Å². The topological polar surface area (TPSA) is 103 Å². The monoisotopic (exact) mass is 451 g/mol. The third-order valence-electron chi connectivity index (χ3n) is 7.05. The van der Waals surface area contributed by atoms with Gasteiger partial charge in [-0.05, 0) is 46.7 Å². The number of hydrogen-bond donors (Lipinski definition) is 1. The summed E-state index contributed by atoms with van der Waals surface area (Å²) >= 11 is 0. The Balaban J connectivity index is 1.25. The maximum absolute atomic E-state index is 13.0. The van der Waals surface area contributed by atoms with Crippen molar-refractivity contribution in [1.29, 1.82) is 0 Å². The number of aromatic nitrogens is 3. The fourth-order valence-electron chi connectivity index (χ4n) is 5.62. The molecule has 0 aliphatic heterocycles. The first-order chi connectivity index (χ1) is 16.6. The van der Waals surface area contributed by atoms with E-state index in [0.29, 0.717) is 12.5 Å². The summed E-state index contributed by atoms with van der Waals surface area (Å²) in [5.74, 6) is 0.475. The lowest BCUT2D eigenvalue weighted by Crippen LogP contribution is -2.39. The molecule has 8 nitrogen and oxygen atoms in total. The lowest BCUT2D eigenvalue weighted by atomic mass is 9.59. The SMILES string of the molecule is O=C(NCC1CC2c3ccccc3C1c1ccccc12)c1ccc(-n2cncn2)c([N+](=O)[O-])c1. The number of nitrogens with zero attached hydrogens (tertiary/aromatic N) is 4. The molecule has 8 heteroatoms. The van der Waals surface area contributed by atoms with Gasteiger partial charge in [0.25, 0.3) is 11.6 Å². The second kappa shape index (κ2) is 7.91. The van der Waals surface area contributed by atoms with E-state index in [1.165, 1.54) is 51.7 Å². The smallest absolute Gasteiger partial charge is 0.295 e. The predicted octanol–water partition coefficient (Wildman–Crippen LogP) is 4.20. The van der Waals surface area contributed by atoms with Crippen molar-refractivity contribution < 1.29 is 9.72 Å². The highest BCUT2D eigenvalue weighted by atomic mass is 16.6. The van der Waals surface area contributed by atoms with E-state index in [2.05, 4.69) is 63.9 Å². The van der Waals surface area contributed by atoms with E-state index in [4.69, 9.17) is 0 Å². The van der Waals surface area contributed by atoms with Gasteiger partial charge >= 0.3 is 0 Å². The number of nitrogens with one attached hydrogen (secondary N) is 1. The maximum Gasteiger partial charge on any atom is 0.295 e. The molecule has 168 valence electrons. The van der Waals surface area contributed by atoms with Gasteiger partial charge in [-0.3, -0.25) is 14.9 Å². The molecular formula is C26H21N5O3. The Morgan fingerprint density at radius 3 is 2.32 bits per heavy atom. The van der Waals surface area contributed by atoms with E-state index in [9.17, 15) is 14.9 Å². The zero-order valence-electron chi connectivity index (χ0n) is 18.2. The van der Waals surface area contributed by atoms with Crippen LogP contribution in [-0.2, 0) is 0 Å². The average molecular weight is 451 g/mol. The predicted molar refractivity (Wildman–Crippen MR) is 125 cm³/mol. The van der Waals surface area contributed by atoms with Crippen molar-refractivity contribution in [2.24, 2.45) is 5.92 Å². The van der Waals surface area contributed by atoms with Crippen molar-refractivity contribution >= 4 is 11.6 Å². The number of carbonyl (C=O) groups is 1. The third kappa shape index (κ3) is 3.18. The van der Waals surface area contributed by atoms with Crippen molar-refractivity contribution in [3.8, 4) is 5.69 Å². The molecule has 0 radical (unpaired) electrons. The van der Waals surface area contributed by atoms with Crippen molar-refractivity contribution in [3.63, 3.8) is 0 Å². The Morgan fingerprint density at radius 1 is 1.03 bits per heavy atom. The van der Waals surface area contributed by atoms with Crippen LogP contribution in [0.15, 0.2) is 79.4 Å². The van der Waals surface area contributed by atoms with Gasteiger partial charge in [0.15, 0.2) is 0 Å². The van der Waals surface area contributed by atoms with Gasteiger partial charge in [-0.1, -0.05) is 48.5 Å². The van der Waals surface area contributed by atoms with Gasteiger partial charge in [-0.15, -0.1) is 0 Å². The first-order valence-corrected chi connectivity index (χ1v) is 11.2. The van der Waals surface area contributed by atoms with E-state index >= 15 is 0 Å². The quantitative estimate of drug-likeness (QED) is 0.362. The second-order valence-electron chi connectivity index (χ2n) is 8.79. The Bertz CT molecular complexity index is 1370. The maximum atomic E-state index is 13.0. The number of nitro groups is 1. The molecule has 1 N–H and O–H groups in total. The number of nitro benzene ring substituents is 1. The fourth-order valence-corrected chi connectivity index (χ4v) is 5.62. The minimum absolute atomic E-state index is 0.197. The van der Waals surface area contributed by atoms with E-state index in [1.54, 1.807) is 6.07 Å². The summed E-state index contributed by atoms with van der Waals surface area (Å²) in [5, 5.41) is 18.6. The molecule has 0 fully saturated rings. The molecule has 1 aromatic heterocycles. The zero-order chi connectivity index (χ0) is 23.2. The Kier molecular flexibility index (Phi) is 4.72. The fraction of sp³-hybridized carbons (Fsp3) is 0.192. The molecular weight excluding hydrogens is 430 g/mol. The molecule has 4 aromatic rings. The van der Waals surface area contributed by atoms with E-state index < -0.39 is 4.92 Å². The lowest BCUT2D eigenvalue weighted by Gasteiger charge is -2.45. The summed E-state index contributed by atoms with van der Waals surface area (Å²) in [6.07, 6.45) is 3.65. The number of amides is 1. The Morgan fingerprint density at radius 2 is 1.71 bits per heavy atom. The molecule has 3 aliphatic rings. The molecule has 0 saturated heterocycles. The largest absolute Gasteiger partial charge is 0.352 e. The van der Waals surface area contributed by atoms with E-state index in [0.717, 1.165) is 6.42 Å². The molecule has 1 unspecified atom stereocenters. The minimum Gasteiger partial charge on any atom is -0.352 e. The first-order valence-electron chi connectivity index (χ1n) is 11.2. The number of carbonyl (C=O) groups excluding carboxylic acids is 1. The van der Waals surface area contributed by atoms with Crippen LogP contribution in [0.3, 0.4) is 0 Å². The van der Waals surface area contributed by atoms with Crippen LogP contribution in [0.25, 0.3) is 5.69 Å². The second-order valence-corrected chi connectivity index (χ2v) is 8.79. The molecule has 1 heterocycles. The summed E-state index contributed by atoms with van der Waals surface area (Å²) in [6, 6.07) is 21.6. The molecule has 34 heavy (non-hydrogen) atoms. The normalized spacial score (nSPS) is 19.8. The van der Waals surface area contributed by atoms with E-state index in [-0.39, 0.29) is 34.7 Å². The molecule has 0 spiro atoms. The standard InChI is InChI=1S/C26H21N5O3/c32-26(16-9-10-23(24(12-16)31(33)34)30-15-27-14-29-30)28-13-17-11-22-18-5-1-3-7-20(18)25(17)21-8-4-2-6-19(21)22/h1-10,12,14-15,17,22,25H,11,13H2,(H,28,32). The first kappa shape index (κ1) is 20.3. The van der Waals surface area contributed by atoms with Gasteiger partial charge in [0.1, 0.15) is 18.3 Å². The third-order valence-corrected chi connectivity index (χ3v) is 7.05. The van der Waals surface area contributed by atoms with Gasteiger partial charge < -0.3 is 5.32 Å². The van der Waals surface area contributed by atoms with Crippen molar-refractivity contribution in [3.05, 3.63) is 117 Å². The van der Waals surface area contributed by atoms with Crippen LogP contribution in [0.2, 0.25) is 0 Å². The van der Waals surface area contributed by atoms with Crippen LogP contribution in [0.5, 0.6) is 0 Å².